The third-order valence-corrected chi connectivity index (χ3v) is 8.78. The zero-order valence-electron chi connectivity index (χ0n) is 30.8. The number of hydrogen-bond donors (Lipinski definition) is 1. The molecule has 0 saturated heterocycles. The van der Waals surface area contributed by atoms with E-state index in [0.717, 1.165) is 70.6 Å². The number of esters is 2. The Morgan fingerprint density at radius 1 is 0.681 bits per heavy atom. The fourth-order valence-corrected chi connectivity index (χ4v) is 5.57. The molecule has 2 atom stereocenters. The molecule has 0 rings (SSSR count). The van der Waals surface area contributed by atoms with Crippen molar-refractivity contribution in [1.29, 1.82) is 0 Å². The normalized spacial score (nSPS) is 14.1. The quantitative estimate of drug-likeness (QED) is 0.0239. The van der Waals surface area contributed by atoms with Gasteiger partial charge in [0.2, 0.25) is 0 Å². The number of ether oxygens (including phenoxy) is 2. The highest BCUT2D eigenvalue weighted by molar-refractivity contribution is 7.47. The largest absolute Gasteiger partial charge is 0.472 e. The lowest BCUT2D eigenvalue weighted by Crippen LogP contribution is -2.37. The number of phosphoric ester groups is 1. The SMILES string of the molecule is C/C=C/CCCCCCCC(=O)O[C@H](COC(=O)CCCCCCC/C=C\CCCCCCCC)COP(=O)(O)OCC[N+](C)(C)C. The van der Waals surface area contributed by atoms with Crippen LogP contribution in [0.5, 0.6) is 0 Å². The summed E-state index contributed by atoms with van der Waals surface area (Å²) in [5.74, 6) is -0.826. The van der Waals surface area contributed by atoms with Crippen molar-refractivity contribution in [1.82, 2.24) is 0 Å². The van der Waals surface area contributed by atoms with Gasteiger partial charge < -0.3 is 18.9 Å². The Bertz CT molecular complexity index is 871. The van der Waals surface area contributed by atoms with Crippen molar-refractivity contribution in [3.8, 4) is 0 Å². The summed E-state index contributed by atoms with van der Waals surface area (Å²) in [4.78, 5) is 35.0. The first-order chi connectivity index (χ1) is 22.5. The minimum atomic E-state index is -4.36. The first-order valence-corrected chi connectivity index (χ1v) is 20.0. The van der Waals surface area contributed by atoms with Crippen molar-refractivity contribution in [2.75, 3.05) is 47.5 Å². The van der Waals surface area contributed by atoms with Crippen molar-refractivity contribution in [3.63, 3.8) is 0 Å². The number of allylic oxidation sites excluding steroid dienone is 4. The molecular formula is C37H71NO8P+. The van der Waals surface area contributed by atoms with Crippen molar-refractivity contribution in [2.24, 2.45) is 0 Å². The van der Waals surface area contributed by atoms with E-state index in [0.29, 0.717) is 17.4 Å². The topological polar surface area (TPSA) is 108 Å². The average Bonchev–Trinajstić information content (AvgIpc) is 3.01. The van der Waals surface area contributed by atoms with Crippen LogP contribution in [-0.2, 0) is 32.7 Å². The summed E-state index contributed by atoms with van der Waals surface area (Å²) >= 11 is 0. The second-order valence-electron chi connectivity index (χ2n) is 13.6. The third kappa shape index (κ3) is 34.2. The second-order valence-corrected chi connectivity index (χ2v) is 15.1. The minimum absolute atomic E-state index is 0.0292. The van der Waals surface area contributed by atoms with E-state index in [2.05, 4.69) is 31.2 Å². The molecular weight excluding hydrogens is 617 g/mol. The maximum absolute atomic E-state index is 12.5. The number of rotatable bonds is 33. The van der Waals surface area contributed by atoms with E-state index in [4.69, 9.17) is 18.5 Å². The third-order valence-electron chi connectivity index (χ3n) is 7.80. The van der Waals surface area contributed by atoms with E-state index >= 15 is 0 Å². The van der Waals surface area contributed by atoms with Crippen LogP contribution in [0.15, 0.2) is 24.3 Å². The zero-order valence-corrected chi connectivity index (χ0v) is 31.7. The molecule has 0 heterocycles. The lowest BCUT2D eigenvalue weighted by molar-refractivity contribution is -0.870. The van der Waals surface area contributed by atoms with E-state index < -0.39 is 26.5 Å². The highest BCUT2D eigenvalue weighted by Crippen LogP contribution is 2.43. The van der Waals surface area contributed by atoms with Crippen LogP contribution in [-0.4, -0.2) is 74.9 Å². The van der Waals surface area contributed by atoms with E-state index in [1.54, 1.807) is 0 Å². The number of quaternary nitrogens is 1. The number of carbonyl (C=O) groups is 2. The van der Waals surface area contributed by atoms with Crippen LogP contribution in [0.3, 0.4) is 0 Å². The first-order valence-electron chi connectivity index (χ1n) is 18.5. The molecule has 0 bridgehead atoms. The molecule has 10 heteroatoms. The van der Waals surface area contributed by atoms with Gasteiger partial charge in [-0.05, 0) is 58.3 Å². The van der Waals surface area contributed by atoms with Gasteiger partial charge in [0.1, 0.15) is 19.8 Å². The predicted octanol–water partition coefficient (Wildman–Crippen LogP) is 9.63. The number of phosphoric acid groups is 1. The molecule has 0 fully saturated rings. The number of carbonyl (C=O) groups excluding carboxylic acids is 2. The Balaban J connectivity index is 4.39. The van der Waals surface area contributed by atoms with Crippen molar-refractivity contribution < 1.29 is 42.1 Å². The molecule has 1 unspecified atom stereocenters. The molecule has 0 spiro atoms. The molecule has 0 amide bonds. The van der Waals surface area contributed by atoms with Crippen LogP contribution in [0.2, 0.25) is 0 Å². The van der Waals surface area contributed by atoms with Gasteiger partial charge in [-0.15, -0.1) is 0 Å². The molecule has 0 aliphatic rings. The van der Waals surface area contributed by atoms with E-state index in [1.165, 1.54) is 44.9 Å². The molecule has 0 radical (unpaired) electrons. The van der Waals surface area contributed by atoms with E-state index in [9.17, 15) is 19.0 Å². The fraction of sp³-hybridized carbons (Fsp3) is 0.838. The number of likely N-dealkylation sites (N-methyl/N-ethyl adjacent to an activating group) is 1. The van der Waals surface area contributed by atoms with Crippen molar-refractivity contribution in [2.45, 2.75) is 155 Å². The maximum Gasteiger partial charge on any atom is 0.472 e. The van der Waals surface area contributed by atoms with Crippen LogP contribution >= 0.6 is 7.82 Å². The summed E-state index contributed by atoms with van der Waals surface area (Å²) in [6, 6.07) is 0. The molecule has 9 nitrogen and oxygen atoms in total. The van der Waals surface area contributed by atoms with Gasteiger partial charge in [-0.2, -0.15) is 0 Å². The maximum atomic E-state index is 12.5. The summed E-state index contributed by atoms with van der Waals surface area (Å²) in [5.41, 5.74) is 0. The first kappa shape index (κ1) is 45.5. The lowest BCUT2D eigenvalue weighted by Gasteiger charge is -2.24. The number of nitrogens with zero attached hydrogens (tertiary/aromatic N) is 1. The van der Waals surface area contributed by atoms with E-state index in [1.807, 2.05) is 28.1 Å². The van der Waals surface area contributed by atoms with Gasteiger partial charge in [0, 0.05) is 12.8 Å². The fourth-order valence-electron chi connectivity index (χ4n) is 4.83. The molecule has 0 aliphatic heterocycles. The highest BCUT2D eigenvalue weighted by Gasteiger charge is 2.27. The van der Waals surface area contributed by atoms with Crippen molar-refractivity contribution in [3.05, 3.63) is 24.3 Å². The Morgan fingerprint density at radius 3 is 1.70 bits per heavy atom. The summed E-state index contributed by atoms with van der Waals surface area (Å²) in [6.45, 7) is 4.16. The molecule has 0 aromatic carbocycles. The molecule has 0 aromatic rings. The summed E-state index contributed by atoms with van der Waals surface area (Å²) in [5, 5.41) is 0. The van der Waals surface area contributed by atoms with Crippen LogP contribution < -0.4 is 0 Å². The highest BCUT2D eigenvalue weighted by atomic mass is 31.2. The van der Waals surface area contributed by atoms with Crippen LogP contribution in [0.1, 0.15) is 149 Å². The van der Waals surface area contributed by atoms with Gasteiger partial charge in [0.25, 0.3) is 0 Å². The molecule has 47 heavy (non-hydrogen) atoms. The van der Waals surface area contributed by atoms with Crippen molar-refractivity contribution >= 4 is 19.8 Å². The lowest BCUT2D eigenvalue weighted by atomic mass is 10.1. The van der Waals surface area contributed by atoms with E-state index in [-0.39, 0.29) is 32.0 Å². The summed E-state index contributed by atoms with van der Waals surface area (Å²) in [6.07, 6.45) is 29.7. The van der Waals surface area contributed by atoms with Gasteiger partial charge in [0.05, 0.1) is 27.7 Å². The predicted molar refractivity (Wildman–Crippen MR) is 192 cm³/mol. The van der Waals surface area contributed by atoms with Crippen LogP contribution in [0.25, 0.3) is 0 Å². The smallest absolute Gasteiger partial charge is 0.462 e. The Kier molecular flexibility index (Phi) is 29.6. The Hall–Kier alpha value is -1.51. The second kappa shape index (κ2) is 30.5. The molecule has 0 aromatic heterocycles. The number of unbranched alkanes of at least 4 members (excludes halogenated alkanes) is 16. The molecule has 1 N–H and O–H groups in total. The molecule has 0 aliphatic carbocycles. The Morgan fingerprint density at radius 2 is 1.17 bits per heavy atom. The Labute approximate surface area is 288 Å². The minimum Gasteiger partial charge on any atom is -0.462 e. The standard InChI is InChI=1S/C37H70NO8P/c1-6-8-10-12-14-16-17-18-19-20-21-22-24-25-27-29-36(39)43-33-35(34-45-47(41,42)44-32-31-38(3,4)5)46-37(40)30-28-26-23-15-13-11-9-7-2/h7,9,18-19,35H,6,8,10-17,20-34H2,1-5H3/p+1/b9-7+,19-18-/t35-/m1/s1. The summed E-state index contributed by atoms with van der Waals surface area (Å²) in [7, 11) is 1.46. The number of hydrogen-bond acceptors (Lipinski definition) is 7. The van der Waals surface area contributed by atoms with Gasteiger partial charge in [-0.25, -0.2) is 4.57 Å². The van der Waals surface area contributed by atoms with Gasteiger partial charge in [-0.1, -0.05) is 102 Å². The van der Waals surface area contributed by atoms with Gasteiger partial charge in [0.15, 0.2) is 6.10 Å². The summed E-state index contributed by atoms with van der Waals surface area (Å²) < 4.78 is 34.0. The average molecular weight is 689 g/mol. The monoisotopic (exact) mass is 688 g/mol. The van der Waals surface area contributed by atoms with Gasteiger partial charge >= 0.3 is 19.8 Å². The zero-order chi connectivity index (χ0) is 35.1. The molecule has 0 saturated carbocycles. The van der Waals surface area contributed by atoms with Crippen LogP contribution in [0.4, 0.5) is 0 Å². The molecule has 276 valence electrons. The van der Waals surface area contributed by atoms with Crippen LogP contribution in [0, 0.1) is 0 Å². The van der Waals surface area contributed by atoms with Gasteiger partial charge in [-0.3, -0.25) is 18.6 Å².